The molecule has 0 aliphatic heterocycles. The van der Waals surface area contributed by atoms with Gasteiger partial charge in [-0.1, -0.05) is 54.1 Å². The third kappa shape index (κ3) is 2.94. The molecule has 1 spiro atoms. The molecule has 0 saturated heterocycles. The van der Waals surface area contributed by atoms with Crippen LogP contribution in [0.25, 0.3) is 0 Å². The molecule has 0 atom stereocenters. The summed E-state index contributed by atoms with van der Waals surface area (Å²) in [5, 5.41) is 0. The molecule has 2 heteroatoms. The van der Waals surface area contributed by atoms with Crippen LogP contribution in [0.15, 0.2) is 72.3 Å². The monoisotopic (exact) mass is 304 g/mol. The Hall–Kier alpha value is -2.35. The highest BCUT2D eigenvalue weighted by atomic mass is 16.5. The van der Waals surface area contributed by atoms with E-state index in [-0.39, 0.29) is 5.97 Å². The lowest BCUT2D eigenvalue weighted by Crippen LogP contribution is -2.43. The average molecular weight is 304 g/mol. The Morgan fingerprint density at radius 3 is 2.22 bits per heavy atom. The maximum Gasteiger partial charge on any atom is 0.336 e. The van der Waals surface area contributed by atoms with Crippen molar-refractivity contribution >= 4 is 5.97 Å². The number of hydrogen-bond donors (Lipinski definition) is 0. The van der Waals surface area contributed by atoms with Crippen molar-refractivity contribution in [1.29, 1.82) is 0 Å². The Labute approximate surface area is 136 Å². The first kappa shape index (κ1) is 14.3. The van der Waals surface area contributed by atoms with Gasteiger partial charge in [0, 0.05) is 6.08 Å². The zero-order chi connectivity index (χ0) is 15.7. The van der Waals surface area contributed by atoms with Gasteiger partial charge in [-0.15, -0.1) is 0 Å². The average Bonchev–Trinajstić information content (AvgIpc) is 2.50. The molecule has 0 aromatic heterocycles. The molecule has 23 heavy (non-hydrogen) atoms. The Morgan fingerprint density at radius 1 is 0.957 bits per heavy atom. The quantitative estimate of drug-likeness (QED) is 0.459. The van der Waals surface area contributed by atoms with E-state index in [0.717, 1.165) is 12.8 Å². The second-order valence-corrected chi connectivity index (χ2v) is 6.91. The Kier molecular flexibility index (Phi) is 3.53. The largest absolute Gasteiger partial charge is 0.423 e. The van der Waals surface area contributed by atoms with Crippen molar-refractivity contribution in [2.24, 2.45) is 5.41 Å². The van der Waals surface area contributed by atoms with Crippen LogP contribution >= 0.6 is 0 Å². The van der Waals surface area contributed by atoms with E-state index < -0.39 is 0 Å². The van der Waals surface area contributed by atoms with Gasteiger partial charge in [0.25, 0.3) is 0 Å². The Bertz CT molecular complexity index is 715. The van der Waals surface area contributed by atoms with Crippen molar-refractivity contribution in [2.75, 3.05) is 0 Å². The molecule has 0 radical (unpaired) electrons. The number of para-hydroxylation sites is 1. The summed E-state index contributed by atoms with van der Waals surface area (Å²) in [6.07, 6.45) is 6.30. The normalized spacial score (nSPS) is 25.4. The maximum atomic E-state index is 11.9. The van der Waals surface area contributed by atoms with Crippen LogP contribution in [0.5, 0.6) is 5.75 Å². The first-order valence-electron chi connectivity index (χ1n) is 8.24. The van der Waals surface area contributed by atoms with Crippen molar-refractivity contribution < 1.29 is 9.53 Å². The topological polar surface area (TPSA) is 26.3 Å². The molecule has 2 aliphatic carbocycles. The van der Waals surface area contributed by atoms with Gasteiger partial charge in [-0.25, -0.2) is 4.79 Å². The van der Waals surface area contributed by atoms with Gasteiger partial charge in [0.05, 0.1) is 0 Å². The lowest BCUT2D eigenvalue weighted by Gasteiger charge is -2.55. The fourth-order valence-electron chi connectivity index (χ4n) is 4.05. The van der Waals surface area contributed by atoms with Crippen molar-refractivity contribution in [3.8, 4) is 5.75 Å². The van der Waals surface area contributed by atoms with E-state index in [2.05, 4.69) is 30.3 Å². The summed E-state index contributed by atoms with van der Waals surface area (Å²) in [7, 11) is 0. The lowest BCUT2D eigenvalue weighted by molar-refractivity contribution is -0.129. The van der Waals surface area contributed by atoms with E-state index in [1.54, 1.807) is 18.2 Å². The molecule has 2 fully saturated rings. The van der Waals surface area contributed by atoms with Gasteiger partial charge in [0.2, 0.25) is 0 Å². The van der Waals surface area contributed by atoms with Crippen LogP contribution in [-0.2, 0) is 4.79 Å². The summed E-state index contributed by atoms with van der Waals surface area (Å²) in [6, 6.07) is 20.0. The molecular formula is C21H20O2. The molecule has 0 unspecified atom stereocenters. The van der Waals surface area contributed by atoms with E-state index in [1.807, 2.05) is 18.2 Å². The standard InChI is InChI=1S/C21H20O2/c22-20(23-19-9-5-2-6-10-19)11-16-12-21(13-16)14-18(15-21)17-7-3-1-4-8-17/h1-11,18H,12-15H2. The van der Waals surface area contributed by atoms with Gasteiger partial charge in [0.15, 0.2) is 0 Å². The van der Waals surface area contributed by atoms with Crippen LogP contribution in [0.3, 0.4) is 0 Å². The van der Waals surface area contributed by atoms with E-state index in [4.69, 9.17) is 4.74 Å². The molecule has 0 N–H and O–H groups in total. The Morgan fingerprint density at radius 2 is 1.57 bits per heavy atom. The summed E-state index contributed by atoms with van der Waals surface area (Å²) >= 11 is 0. The highest BCUT2D eigenvalue weighted by Gasteiger charge is 2.50. The first-order chi connectivity index (χ1) is 11.2. The molecule has 2 nitrogen and oxygen atoms in total. The third-order valence-corrected chi connectivity index (χ3v) is 5.12. The predicted molar refractivity (Wildman–Crippen MR) is 90.2 cm³/mol. The van der Waals surface area contributed by atoms with Crippen molar-refractivity contribution in [1.82, 2.24) is 0 Å². The second kappa shape index (κ2) is 5.69. The molecular weight excluding hydrogens is 284 g/mol. The number of rotatable bonds is 3. The van der Waals surface area contributed by atoms with E-state index >= 15 is 0 Å². The smallest absolute Gasteiger partial charge is 0.336 e. The summed E-state index contributed by atoms with van der Waals surface area (Å²) in [5.41, 5.74) is 3.15. The van der Waals surface area contributed by atoms with Crippen LogP contribution in [0, 0.1) is 5.41 Å². The molecule has 2 aliphatic rings. The van der Waals surface area contributed by atoms with E-state index in [1.165, 1.54) is 24.0 Å². The van der Waals surface area contributed by atoms with Gasteiger partial charge >= 0.3 is 5.97 Å². The van der Waals surface area contributed by atoms with Gasteiger partial charge in [-0.2, -0.15) is 0 Å². The van der Waals surface area contributed by atoms with Crippen molar-refractivity contribution in [3.05, 3.63) is 77.9 Å². The van der Waals surface area contributed by atoms with Crippen LogP contribution < -0.4 is 4.74 Å². The van der Waals surface area contributed by atoms with Crippen LogP contribution in [-0.4, -0.2) is 5.97 Å². The minimum absolute atomic E-state index is 0.250. The van der Waals surface area contributed by atoms with Crippen molar-refractivity contribution in [2.45, 2.75) is 31.6 Å². The predicted octanol–water partition coefficient (Wildman–Crippen LogP) is 4.88. The fraction of sp³-hybridized carbons (Fsp3) is 0.286. The van der Waals surface area contributed by atoms with Crippen molar-refractivity contribution in [3.63, 3.8) is 0 Å². The molecule has 0 heterocycles. The molecule has 2 aromatic carbocycles. The lowest BCUT2D eigenvalue weighted by atomic mass is 9.49. The third-order valence-electron chi connectivity index (χ3n) is 5.12. The number of hydrogen-bond acceptors (Lipinski definition) is 2. The molecule has 0 bridgehead atoms. The summed E-state index contributed by atoms with van der Waals surface area (Å²) < 4.78 is 5.32. The highest BCUT2D eigenvalue weighted by molar-refractivity contribution is 5.85. The molecule has 4 rings (SSSR count). The van der Waals surface area contributed by atoms with E-state index in [0.29, 0.717) is 17.1 Å². The molecule has 0 amide bonds. The number of esters is 1. The fourth-order valence-corrected chi connectivity index (χ4v) is 4.05. The SMILES string of the molecule is O=C(C=C1CC2(C1)CC(c1ccccc1)C2)Oc1ccccc1. The minimum Gasteiger partial charge on any atom is -0.423 e. The second-order valence-electron chi connectivity index (χ2n) is 6.91. The number of ether oxygens (including phenoxy) is 1. The van der Waals surface area contributed by atoms with Gasteiger partial charge in [0.1, 0.15) is 5.75 Å². The highest BCUT2D eigenvalue weighted by Crippen LogP contribution is 2.63. The zero-order valence-electron chi connectivity index (χ0n) is 13.1. The zero-order valence-corrected chi connectivity index (χ0v) is 13.1. The number of carbonyl (C=O) groups excluding carboxylic acids is 1. The van der Waals surface area contributed by atoms with Crippen LogP contribution in [0.2, 0.25) is 0 Å². The van der Waals surface area contributed by atoms with E-state index in [9.17, 15) is 4.79 Å². The van der Waals surface area contributed by atoms with Crippen LogP contribution in [0.4, 0.5) is 0 Å². The first-order valence-corrected chi connectivity index (χ1v) is 8.24. The Balaban J connectivity index is 1.30. The summed E-state index contributed by atoms with van der Waals surface area (Å²) in [6.45, 7) is 0. The number of benzene rings is 2. The summed E-state index contributed by atoms with van der Waals surface area (Å²) in [5.74, 6) is 1.06. The summed E-state index contributed by atoms with van der Waals surface area (Å²) in [4.78, 5) is 11.9. The molecule has 2 aromatic rings. The van der Waals surface area contributed by atoms with Crippen LogP contribution in [0.1, 0.15) is 37.2 Å². The molecule has 2 saturated carbocycles. The van der Waals surface area contributed by atoms with Gasteiger partial charge in [-0.3, -0.25) is 0 Å². The minimum atomic E-state index is -0.250. The number of allylic oxidation sites excluding steroid dienone is 1. The molecule has 116 valence electrons. The van der Waals surface area contributed by atoms with Gasteiger partial charge < -0.3 is 4.74 Å². The maximum absolute atomic E-state index is 11.9. The number of carbonyl (C=O) groups is 1. The van der Waals surface area contributed by atoms with Gasteiger partial charge in [-0.05, 0) is 54.7 Å².